The fourth-order valence-electron chi connectivity index (χ4n) is 2.61. The van der Waals surface area contributed by atoms with Gasteiger partial charge in [0.1, 0.15) is 11.8 Å². The number of para-hydroxylation sites is 1. The summed E-state index contributed by atoms with van der Waals surface area (Å²) in [5.74, 6) is -1.17. The second-order valence-electron chi connectivity index (χ2n) is 5.69. The summed E-state index contributed by atoms with van der Waals surface area (Å²) in [7, 11) is 1.52. The second-order valence-corrected chi connectivity index (χ2v) is 5.69. The number of rotatable bonds is 7. The average molecular weight is 354 g/mol. The van der Waals surface area contributed by atoms with Gasteiger partial charge in [-0.25, -0.2) is 4.79 Å². The highest BCUT2D eigenvalue weighted by Gasteiger charge is 2.22. The van der Waals surface area contributed by atoms with Crippen molar-refractivity contribution >= 4 is 22.8 Å². The Kier molecular flexibility index (Phi) is 5.19. The van der Waals surface area contributed by atoms with E-state index in [0.717, 1.165) is 16.5 Å². The van der Waals surface area contributed by atoms with Crippen LogP contribution in [0.4, 0.5) is 0 Å². The lowest BCUT2D eigenvalue weighted by Gasteiger charge is -2.14. The zero-order valence-corrected chi connectivity index (χ0v) is 14.1. The third kappa shape index (κ3) is 3.84. The van der Waals surface area contributed by atoms with Crippen LogP contribution in [0.2, 0.25) is 0 Å². The van der Waals surface area contributed by atoms with Crippen LogP contribution in [-0.2, 0) is 16.1 Å². The number of aliphatic carboxylic acids is 1. The van der Waals surface area contributed by atoms with Gasteiger partial charge in [0.25, 0.3) is 0 Å². The third-order valence-corrected chi connectivity index (χ3v) is 4.02. The molecule has 2 aromatic carbocycles. The van der Waals surface area contributed by atoms with Gasteiger partial charge in [0, 0.05) is 23.5 Å². The summed E-state index contributed by atoms with van der Waals surface area (Å²) in [5.41, 5.74) is 4.38. The molecule has 0 saturated carbocycles. The van der Waals surface area contributed by atoms with Gasteiger partial charge in [-0.3, -0.25) is 4.79 Å². The number of fused-ring (bicyclic) bond motifs is 1. The van der Waals surface area contributed by atoms with Crippen LogP contribution in [0.3, 0.4) is 0 Å². The lowest BCUT2D eigenvalue weighted by Crippen LogP contribution is -2.39. The van der Waals surface area contributed by atoms with E-state index in [1.807, 2.05) is 24.3 Å². The normalized spacial score (nSPS) is 11.9. The second kappa shape index (κ2) is 7.71. The lowest BCUT2D eigenvalue weighted by atomic mass is 10.1. The van der Waals surface area contributed by atoms with E-state index in [-0.39, 0.29) is 12.0 Å². The molecule has 0 spiro atoms. The zero-order chi connectivity index (χ0) is 18.5. The van der Waals surface area contributed by atoms with E-state index in [4.69, 9.17) is 9.57 Å². The lowest BCUT2D eigenvalue weighted by molar-refractivity contribution is -0.142. The number of carbonyl (C=O) groups is 2. The Bertz CT molecular complexity index is 917. The molecule has 0 fully saturated rings. The molecule has 1 aromatic heterocycles. The maximum Gasteiger partial charge on any atom is 0.356 e. The molecule has 0 aliphatic heterocycles. The van der Waals surface area contributed by atoms with Gasteiger partial charge in [0.15, 0.2) is 0 Å². The molecular weight excluding hydrogens is 336 g/mol. The summed E-state index contributed by atoms with van der Waals surface area (Å²) >= 11 is 0. The van der Waals surface area contributed by atoms with Crippen molar-refractivity contribution < 1.29 is 24.3 Å². The topological polar surface area (TPSA) is 101 Å². The summed E-state index contributed by atoms with van der Waals surface area (Å²) in [4.78, 5) is 31.6. The molecule has 0 saturated heterocycles. The van der Waals surface area contributed by atoms with Crippen LogP contribution < -0.4 is 10.2 Å². The molecule has 1 atom stereocenters. The van der Waals surface area contributed by atoms with Gasteiger partial charge in [-0.1, -0.05) is 18.2 Å². The van der Waals surface area contributed by atoms with Crippen molar-refractivity contribution in [3.05, 3.63) is 65.9 Å². The van der Waals surface area contributed by atoms with Gasteiger partial charge in [0.05, 0.1) is 12.7 Å². The molecule has 134 valence electrons. The predicted octanol–water partition coefficient (Wildman–Crippen LogP) is 2.53. The van der Waals surface area contributed by atoms with Gasteiger partial charge in [-0.2, -0.15) is 0 Å². The van der Waals surface area contributed by atoms with Crippen molar-refractivity contribution in [1.82, 2.24) is 10.5 Å². The maximum absolute atomic E-state index is 12.1. The number of carboxylic acids is 1. The SMILES string of the molecule is COc1ccc(C(=O)ON[C@@H](Cc2c[nH]c3ccccc23)C(=O)O)cc1. The summed E-state index contributed by atoms with van der Waals surface area (Å²) in [5, 5.41) is 10.3. The van der Waals surface area contributed by atoms with Crippen molar-refractivity contribution in [3.8, 4) is 5.75 Å². The number of hydrogen-bond donors (Lipinski definition) is 3. The first-order valence-electron chi connectivity index (χ1n) is 7.97. The minimum atomic E-state index is -1.11. The molecule has 1 heterocycles. The predicted molar refractivity (Wildman–Crippen MR) is 95.0 cm³/mol. The molecule has 0 aliphatic rings. The fraction of sp³-hybridized carbons (Fsp3) is 0.158. The smallest absolute Gasteiger partial charge is 0.356 e. The summed E-state index contributed by atoms with van der Waals surface area (Å²) in [6, 6.07) is 12.8. The summed E-state index contributed by atoms with van der Waals surface area (Å²) < 4.78 is 5.02. The molecule has 3 aromatic rings. The van der Waals surface area contributed by atoms with E-state index in [9.17, 15) is 14.7 Å². The number of methoxy groups -OCH3 is 1. The van der Waals surface area contributed by atoms with Gasteiger partial charge in [0.2, 0.25) is 0 Å². The van der Waals surface area contributed by atoms with E-state index < -0.39 is 18.0 Å². The van der Waals surface area contributed by atoms with Crippen LogP contribution in [0, 0.1) is 0 Å². The Morgan fingerprint density at radius 1 is 1.15 bits per heavy atom. The van der Waals surface area contributed by atoms with E-state index in [2.05, 4.69) is 10.5 Å². The summed E-state index contributed by atoms with van der Waals surface area (Å²) in [6.07, 6.45) is 1.92. The van der Waals surface area contributed by atoms with Crippen molar-refractivity contribution in [2.75, 3.05) is 7.11 Å². The molecule has 7 heteroatoms. The highest BCUT2D eigenvalue weighted by molar-refractivity contribution is 5.89. The van der Waals surface area contributed by atoms with Gasteiger partial charge >= 0.3 is 11.9 Å². The molecule has 26 heavy (non-hydrogen) atoms. The first kappa shape index (κ1) is 17.5. The van der Waals surface area contributed by atoms with Gasteiger partial charge in [-0.15, -0.1) is 5.48 Å². The Hall–Kier alpha value is -3.32. The highest BCUT2D eigenvalue weighted by Crippen LogP contribution is 2.19. The van der Waals surface area contributed by atoms with E-state index >= 15 is 0 Å². The molecule has 0 aliphatic carbocycles. The summed E-state index contributed by atoms with van der Waals surface area (Å²) in [6.45, 7) is 0. The molecule has 3 rings (SSSR count). The van der Waals surface area contributed by atoms with Gasteiger partial charge in [-0.05, 0) is 35.9 Å². The third-order valence-electron chi connectivity index (χ3n) is 4.02. The molecular formula is C19H18N2O5. The van der Waals surface area contributed by atoms with Crippen LogP contribution >= 0.6 is 0 Å². The first-order valence-corrected chi connectivity index (χ1v) is 7.97. The number of benzene rings is 2. The minimum Gasteiger partial charge on any atom is -0.497 e. The number of H-pyrrole nitrogens is 1. The van der Waals surface area contributed by atoms with Crippen LogP contribution in [0.25, 0.3) is 10.9 Å². The standard InChI is InChI=1S/C19H18N2O5/c1-25-14-8-6-12(7-9-14)19(24)26-21-17(18(22)23)10-13-11-20-16-5-3-2-4-15(13)16/h2-9,11,17,20-21H,10H2,1H3,(H,22,23)/t17-/m0/s1. The van der Waals surface area contributed by atoms with Crippen LogP contribution in [0.5, 0.6) is 5.75 Å². The van der Waals surface area contributed by atoms with Crippen molar-refractivity contribution in [2.45, 2.75) is 12.5 Å². The Morgan fingerprint density at radius 3 is 2.58 bits per heavy atom. The Labute approximate surface area is 149 Å². The molecule has 0 bridgehead atoms. The Morgan fingerprint density at radius 2 is 1.88 bits per heavy atom. The number of nitrogens with one attached hydrogen (secondary N) is 2. The number of aromatic nitrogens is 1. The number of ether oxygens (including phenoxy) is 1. The monoisotopic (exact) mass is 354 g/mol. The van der Waals surface area contributed by atoms with Gasteiger partial charge < -0.3 is 19.7 Å². The van der Waals surface area contributed by atoms with Crippen LogP contribution in [0.1, 0.15) is 15.9 Å². The molecule has 3 N–H and O–H groups in total. The first-order chi connectivity index (χ1) is 12.6. The minimum absolute atomic E-state index is 0.162. The molecule has 0 amide bonds. The zero-order valence-electron chi connectivity index (χ0n) is 14.1. The average Bonchev–Trinajstić information content (AvgIpc) is 3.07. The number of carboxylic acid groups (broad SMARTS) is 1. The number of hydrogen-bond acceptors (Lipinski definition) is 5. The Balaban J connectivity index is 1.66. The van der Waals surface area contributed by atoms with Crippen LogP contribution in [-0.4, -0.2) is 35.2 Å². The number of carbonyl (C=O) groups excluding carboxylic acids is 1. The van der Waals surface area contributed by atoms with Crippen LogP contribution in [0.15, 0.2) is 54.7 Å². The van der Waals surface area contributed by atoms with Crippen molar-refractivity contribution in [1.29, 1.82) is 0 Å². The molecule has 0 unspecified atom stereocenters. The number of hydroxylamine groups is 1. The van der Waals surface area contributed by atoms with E-state index in [1.54, 1.807) is 18.3 Å². The maximum atomic E-state index is 12.1. The highest BCUT2D eigenvalue weighted by atomic mass is 16.7. The fourth-order valence-corrected chi connectivity index (χ4v) is 2.61. The van der Waals surface area contributed by atoms with E-state index in [1.165, 1.54) is 19.2 Å². The largest absolute Gasteiger partial charge is 0.497 e. The van der Waals surface area contributed by atoms with Crippen molar-refractivity contribution in [2.24, 2.45) is 0 Å². The quantitative estimate of drug-likeness (QED) is 0.564. The molecule has 7 nitrogen and oxygen atoms in total. The van der Waals surface area contributed by atoms with Crippen molar-refractivity contribution in [3.63, 3.8) is 0 Å². The molecule has 0 radical (unpaired) electrons. The number of aromatic amines is 1. The van der Waals surface area contributed by atoms with E-state index in [0.29, 0.717) is 5.75 Å².